The van der Waals surface area contributed by atoms with Crippen molar-refractivity contribution in [1.29, 1.82) is 0 Å². The third kappa shape index (κ3) is 3.02. The van der Waals surface area contributed by atoms with Gasteiger partial charge in [0.25, 0.3) is 0 Å². The Kier molecular flexibility index (Phi) is 4.23. The Morgan fingerprint density at radius 2 is 2.22 bits per heavy atom. The van der Waals surface area contributed by atoms with E-state index >= 15 is 0 Å². The van der Waals surface area contributed by atoms with Gasteiger partial charge < -0.3 is 23.9 Å². The minimum atomic E-state index is -1.07. The molecule has 0 radical (unpaired) electrons. The minimum Gasteiger partial charge on any atom is -0.535 e. The average Bonchev–Trinajstić information content (AvgIpc) is 3.28. The number of halogens is 1. The number of fused-ring (bicyclic) bond motifs is 3. The first-order chi connectivity index (χ1) is 11.0. The summed E-state index contributed by atoms with van der Waals surface area (Å²) < 4.78 is 33.2. The predicted octanol–water partition coefficient (Wildman–Crippen LogP) is 0.860. The molecule has 1 aliphatic carbocycles. The van der Waals surface area contributed by atoms with Crippen LogP contribution >= 0.6 is 0 Å². The van der Waals surface area contributed by atoms with Crippen LogP contribution in [0.5, 0.6) is 5.75 Å². The van der Waals surface area contributed by atoms with Gasteiger partial charge in [-0.05, 0) is 24.0 Å². The van der Waals surface area contributed by atoms with E-state index in [0.717, 1.165) is 12.5 Å². The summed E-state index contributed by atoms with van der Waals surface area (Å²) >= 11 is 0. The molecule has 1 N–H and O–H groups in total. The maximum absolute atomic E-state index is 14.0. The summed E-state index contributed by atoms with van der Waals surface area (Å²) in [7, 11) is 0.243. The molecule has 2 aliphatic rings. The SMILES string of the molecule is COCC(=O)OCOC(=O)c1c(F)ccc2c1OB(O)[C@@H]1CC21. The van der Waals surface area contributed by atoms with Crippen molar-refractivity contribution in [2.75, 3.05) is 20.5 Å². The topological polar surface area (TPSA) is 91.3 Å². The third-order valence-electron chi connectivity index (χ3n) is 3.86. The summed E-state index contributed by atoms with van der Waals surface area (Å²) in [6.45, 7) is -0.955. The largest absolute Gasteiger partial charge is 0.535 e. The van der Waals surface area contributed by atoms with Gasteiger partial charge in [-0.3, -0.25) is 0 Å². The molecule has 122 valence electrons. The van der Waals surface area contributed by atoms with E-state index in [2.05, 4.69) is 9.47 Å². The zero-order valence-corrected chi connectivity index (χ0v) is 12.3. The van der Waals surface area contributed by atoms with E-state index < -0.39 is 37.2 Å². The molecule has 2 atom stereocenters. The lowest BCUT2D eigenvalue weighted by molar-refractivity contribution is -0.156. The van der Waals surface area contributed by atoms with Gasteiger partial charge in [-0.2, -0.15) is 0 Å². The first kappa shape index (κ1) is 15.8. The maximum atomic E-state index is 14.0. The molecule has 1 saturated carbocycles. The normalized spacial score (nSPS) is 20.9. The molecule has 9 heteroatoms. The van der Waals surface area contributed by atoms with Gasteiger partial charge in [-0.1, -0.05) is 6.07 Å². The minimum absolute atomic E-state index is 0.00975. The fraction of sp³-hybridized carbons (Fsp3) is 0.429. The fourth-order valence-corrected chi connectivity index (χ4v) is 2.66. The quantitative estimate of drug-likeness (QED) is 0.488. The van der Waals surface area contributed by atoms with Crippen LogP contribution in [0.3, 0.4) is 0 Å². The molecule has 1 aliphatic heterocycles. The van der Waals surface area contributed by atoms with E-state index in [1.54, 1.807) is 0 Å². The van der Waals surface area contributed by atoms with Gasteiger partial charge in [-0.15, -0.1) is 0 Å². The molecule has 0 amide bonds. The van der Waals surface area contributed by atoms with Gasteiger partial charge in [0, 0.05) is 12.9 Å². The Bertz CT molecular complexity index is 650. The van der Waals surface area contributed by atoms with Crippen molar-refractivity contribution in [2.24, 2.45) is 0 Å². The van der Waals surface area contributed by atoms with Crippen LogP contribution in [0.25, 0.3) is 0 Å². The zero-order chi connectivity index (χ0) is 16.6. The first-order valence-electron chi connectivity index (χ1n) is 7.01. The summed E-state index contributed by atoms with van der Waals surface area (Å²) in [5.74, 6) is -2.56. The third-order valence-corrected chi connectivity index (χ3v) is 3.86. The standard InChI is InChI=1S/C14H14BFO7/c1-20-5-11(17)21-6-22-14(18)12-10(16)3-2-7-8-4-9(8)15(19)23-13(7)12/h2-3,8-9,19H,4-6H2,1H3/t8?,9-/m1/s1. The van der Waals surface area contributed by atoms with E-state index in [1.165, 1.54) is 13.2 Å². The van der Waals surface area contributed by atoms with Crippen molar-refractivity contribution in [3.63, 3.8) is 0 Å². The predicted molar refractivity (Wildman–Crippen MR) is 74.4 cm³/mol. The monoisotopic (exact) mass is 324 g/mol. The van der Waals surface area contributed by atoms with Gasteiger partial charge in [0.05, 0.1) is 0 Å². The van der Waals surface area contributed by atoms with Crippen LogP contribution in [0.2, 0.25) is 5.82 Å². The molecule has 0 saturated heterocycles. The van der Waals surface area contributed by atoms with Crippen molar-refractivity contribution in [2.45, 2.75) is 18.2 Å². The van der Waals surface area contributed by atoms with Crippen LogP contribution in [0.1, 0.15) is 28.3 Å². The first-order valence-corrected chi connectivity index (χ1v) is 7.01. The molecule has 1 unspecified atom stereocenters. The summed E-state index contributed by atoms with van der Waals surface area (Å²) in [6.07, 6.45) is 0.725. The van der Waals surface area contributed by atoms with Crippen molar-refractivity contribution < 1.29 is 37.9 Å². The highest BCUT2D eigenvalue weighted by atomic mass is 19.1. The fourth-order valence-electron chi connectivity index (χ4n) is 2.66. The average molecular weight is 324 g/mol. The number of methoxy groups -OCH3 is 1. The van der Waals surface area contributed by atoms with Crippen LogP contribution in [-0.2, 0) is 19.0 Å². The van der Waals surface area contributed by atoms with Crippen molar-refractivity contribution in [3.8, 4) is 5.75 Å². The molecule has 0 bridgehead atoms. The number of hydrogen-bond donors (Lipinski definition) is 1. The second-order valence-corrected chi connectivity index (χ2v) is 5.35. The molecular weight excluding hydrogens is 310 g/mol. The molecule has 7 nitrogen and oxygen atoms in total. The number of benzene rings is 1. The summed E-state index contributed by atoms with van der Waals surface area (Å²) in [4.78, 5) is 23.1. The molecule has 1 heterocycles. The van der Waals surface area contributed by atoms with Crippen molar-refractivity contribution in [3.05, 3.63) is 29.1 Å². The molecule has 23 heavy (non-hydrogen) atoms. The van der Waals surface area contributed by atoms with Gasteiger partial charge in [0.2, 0.25) is 6.79 Å². The highest BCUT2D eigenvalue weighted by Crippen LogP contribution is 2.60. The van der Waals surface area contributed by atoms with E-state index in [0.29, 0.717) is 5.56 Å². The number of hydrogen-bond acceptors (Lipinski definition) is 7. The number of carbonyl (C=O) groups is 2. The number of esters is 2. The van der Waals surface area contributed by atoms with Crippen molar-refractivity contribution >= 4 is 19.1 Å². The molecular formula is C14H14BFO7. The molecule has 0 aromatic heterocycles. The molecule has 3 rings (SSSR count). The highest BCUT2D eigenvalue weighted by Gasteiger charge is 2.54. The Morgan fingerprint density at radius 1 is 1.43 bits per heavy atom. The number of carbonyl (C=O) groups excluding carboxylic acids is 2. The van der Waals surface area contributed by atoms with E-state index in [-0.39, 0.29) is 24.1 Å². The molecule has 1 aromatic rings. The van der Waals surface area contributed by atoms with Crippen LogP contribution in [0.4, 0.5) is 4.39 Å². The van der Waals surface area contributed by atoms with E-state index in [1.807, 2.05) is 0 Å². The summed E-state index contributed by atoms with van der Waals surface area (Å²) in [5, 5.41) is 9.79. The second kappa shape index (κ2) is 6.17. The van der Waals surface area contributed by atoms with E-state index in [4.69, 9.17) is 9.39 Å². The van der Waals surface area contributed by atoms with Crippen LogP contribution in [0.15, 0.2) is 12.1 Å². The van der Waals surface area contributed by atoms with Gasteiger partial charge in [-0.25, -0.2) is 14.0 Å². The molecule has 1 aromatic carbocycles. The summed E-state index contributed by atoms with van der Waals surface area (Å²) in [5.41, 5.74) is 0.264. The molecule has 0 spiro atoms. The van der Waals surface area contributed by atoms with Crippen LogP contribution in [-0.4, -0.2) is 44.6 Å². The Labute approximate surface area is 131 Å². The van der Waals surface area contributed by atoms with Gasteiger partial charge in [0.1, 0.15) is 23.7 Å². The second-order valence-electron chi connectivity index (χ2n) is 5.35. The zero-order valence-electron chi connectivity index (χ0n) is 12.3. The van der Waals surface area contributed by atoms with Gasteiger partial charge in [0.15, 0.2) is 0 Å². The van der Waals surface area contributed by atoms with Crippen LogP contribution < -0.4 is 4.65 Å². The maximum Gasteiger partial charge on any atom is 0.526 e. The van der Waals surface area contributed by atoms with Gasteiger partial charge >= 0.3 is 19.1 Å². The van der Waals surface area contributed by atoms with Crippen molar-refractivity contribution in [1.82, 2.24) is 0 Å². The lowest BCUT2D eigenvalue weighted by Gasteiger charge is -2.21. The summed E-state index contributed by atoms with van der Waals surface area (Å²) in [6, 6.07) is 2.69. The van der Waals surface area contributed by atoms with Crippen LogP contribution in [0, 0.1) is 5.82 Å². The lowest BCUT2D eigenvalue weighted by Crippen LogP contribution is -2.28. The highest BCUT2D eigenvalue weighted by molar-refractivity contribution is 6.48. The molecule has 1 fully saturated rings. The Hall–Kier alpha value is -2.13. The van der Waals surface area contributed by atoms with E-state index in [9.17, 15) is 19.0 Å². The number of rotatable bonds is 5. The smallest absolute Gasteiger partial charge is 0.526 e. The lowest BCUT2D eigenvalue weighted by atomic mass is 9.77. The number of ether oxygens (including phenoxy) is 3. The Morgan fingerprint density at radius 3 is 2.96 bits per heavy atom. The Balaban J connectivity index is 1.73.